The molecule has 0 aromatic heterocycles. The highest BCUT2D eigenvalue weighted by Crippen LogP contribution is 2.27. The maximum atomic E-state index is 13.8. The highest BCUT2D eigenvalue weighted by molar-refractivity contribution is 9.10. The van der Waals surface area contributed by atoms with Gasteiger partial charge in [-0.25, -0.2) is 4.39 Å². The lowest BCUT2D eigenvalue weighted by atomic mass is 10.1. The van der Waals surface area contributed by atoms with Crippen molar-refractivity contribution in [2.75, 3.05) is 11.9 Å². The van der Waals surface area contributed by atoms with E-state index in [4.69, 9.17) is 4.74 Å². The number of hydrogen-bond donors (Lipinski definition) is 1. The number of non-ortho nitro benzene ring substituents is 1. The van der Waals surface area contributed by atoms with E-state index in [2.05, 4.69) is 35.1 Å². The predicted octanol–water partition coefficient (Wildman–Crippen LogP) is 5.17. The summed E-state index contributed by atoms with van der Waals surface area (Å²) in [6.45, 7) is 4.75. The first-order valence-corrected chi connectivity index (χ1v) is 8.75. The van der Waals surface area contributed by atoms with E-state index >= 15 is 0 Å². The van der Waals surface area contributed by atoms with Gasteiger partial charge in [-0.05, 0) is 52.5 Å². The number of carbonyl (C=O) groups excluding carboxylic acids is 1. The average molecular weight is 425 g/mol. The van der Waals surface area contributed by atoms with Crippen molar-refractivity contribution >= 4 is 33.2 Å². The highest BCUT2D eigenvalue weighted by Gasteiger charge is 2.15. The second kappa shape index (κ2) is 8.75. The fourth-order valence-electron chi connectivity index (χ4n) is 2.08. The number of amides is 1. The zero-order valence-electron chi connectivity index (χ0n) is 14.3. The number of ether oxygens (including phenoxy) is 1. The van der Waals surface area contributed by atoms with Crippen LogP contribution in [0, 0.1) is 21.8 Å². The molecule has 2 aromatic carbocycles. The molecule has 0 spiro atoms. The Bertz CT molecular complexity index is 827. The van der Waals surface area contributed by atoms with Gasteiger partial charge in [-0.1, -0.05) is 13.8 Å². The van der Waals surface area contributed by atoms with Crippen LogP contribution in [0.1, 0.15) is 30.6 Å². The van der Waals surface area contributed by atoms with Crippen molar-refractivity contribution in [2.45, 2.75) is 20.3 Å². The van der Waals surface area contributed by atoms with E-state index in [0.29, 0.717) is 22.7 Å². The molecule has 0 radical (unpaired) electrons. The zero-order valence-corrected chi connectivity index (χ0v) is 15.9. The Morgan fingerprint density at radius 1 is 1.31 bits per heavy atom. The van der Waals surface area contributed by atoms with Crippen molar-refractivity contribution < 1.29 is 18.8 Å². The van der Waals surface area contributed by atoms with E-state index < -0.39 is 16.6 Å². The number of carbonyl (C=O) groups is 1. The van der Waals surface area contributed by atoms with Crippen LogP contribution in [0.4, 0.5) is 15.8 Å². The Hall–Kier alpha value is -2.48. The Kier molecular flexibility index (Phi) is 6.68. The van der Waals surface area contributed by atoms with Crippen LogP contribution in [-0.2, 0) is 0 Å². The first-order chi connectivity index (χ1) is 12.3. The van der Waals surface area contributed by atoms with Crippen molar-refractivity contribution in [1.82, 2.24) is 0 Å². The lowest BCUT2D eigenvalue weighted by Gasteiger charge is -2.11. The van der Waals surface area contributed by atoms with E-state index in [1.807, 2.05) is 0 Å². The van der Waals surface area contributed by atoms with Crippen LogP contribution in [0.25, 0.3) is 0 Å². The quantitative estimate of drug-likeness (QED) is 0.490. The van der Waals surface area contributed by atoms with Crippen molar-refractivity contribution in [1.29, 1.82) is 0 Å². The van der Waals surface area contributed by atoms with Crippen LogP contribution >= 0.6 is 15.9 Å². The van der Waals surface area contributed by atoms with Crippen molar-refractivity contribution in [2.24, 2.45) is 5.92 Å². The number of hydrogen-bond acceptors (Lipinski definition) is 4. The van der Waals surface area contributed by atoms with Crippen LogP contribution in [0.15, 0.2) is 40.9 Å². The second-order valence-electron chi connectivity index (χ2n) is 6.05. The minimum Gasteiger partial charge on any atom is -0.492 e. The van der Waals surface area contributed by atoms with Crippen LogP contribution < -0.4 is 10.1 Å². The molecule has 0 aliphatic carbocycles. The molecule has 0 atom stereocenters. The fraction of sp³-hybridized carbons (Fsp3) is 0.278. The third-order valence-electron chi connectivity index (χ3n) is 3.56. The number of nitro benzene ring substituents is 1. The largest absolute Gasteiger partial charge is 0.492 e. The molecule has 8 heteroatoms. The summed E-state index contributed by atoms with van der Waals surface area (Å²) < 4.78 is 20.0. The summed E-state index contributed by atoms with van der Waals surface area (Å²) >= 11 is 3.34. The first kappa shape index (κ1) is 19.8. The maximum absolute atomic E-state index is 13.8. The molecular weight excluding hydrogens is 407 g/mol. The minimum absolute atomic E-state index is 0.252. The normalized spacial score (nSPS) is 10.7. The van der Waals surface area contributed by atoms with Gasteiger partial charge in [-0.15, -0.1) is 0 Å². The average Bonchev–Trinajstić information content (AvgIpc) is 2.57. The molecule has 1 amide bonds. The van der Waals surface area contributed by atoms with Crippen LogP contribution in [-0.4, -0.2) is 17.4 Å². The minimum atomic E-state index is -0.753. The number of nitrogens with one attached hydrogen (secondary N) is 1. The highest BCUT2D eigenvalue weighted by atomic mass is 79.9. The molecule has 0 heterocycles. The monoisotopic (exact) mass is 424 g/mol. The summed E-state index contributed by atoms with van der Waals surface area (Å²) in [5.41, 5.74) is -0.298. The van der Waals surface area contributed by atoms with Gasteiger partial charge in [-0.3, -0.25) is 14.9 Å². The molecule has 138 valence electrons. The van der Waals surface area contributed by atoms with Gasteiger partial charge in [0.1, 0.15) is 11.6 Å². The molecule has 1 N–H and O–H groups in total. The molecule has 26 heavy (non-hydrogen) atoms. The molecule has 0 saturated carbocycles. The van der Waals surface area contributed by atoms with E-state index in [1.165, 1.54) is 0 Å². The standard InChI is InChI=1S/C18H18BrFN2O4/c1-11(2)7-8-26-17-6-3-12(9-14(17)19)18(23)21-16-10-13(22(24)25)4-5-15(16)20/h3-6,9-11H,7-8H2,1-2H3,(H,21,23). The van der Waals surface area contributed by atoms with E-state index in [0.717, 1.165) is 24.6 Å². The third-order valence-corrected chi connectivity index (χ3v) is 4.18. The maximum Gasteiger partial charge on any atom is 0.271 e. The smallest absolute Gasteiger partial charge is 0.271 e. The Morgan fingerprint density at radius 3 is 2.65 bits per heavy atom. The molecule has 2 rings (SSSR count). The van der Waals surface area contributed by atoms with Gasteiger partial charge < -0.3 is 10.1 Å². The van der Waals surface area contributed by atoms with Crippen molar-refractivity contribution in [3.05, 3.63) is 62.4 Å². The molecule has 0 saturated heterocycles. The van der Waals surface area contributed by atoms with Gasteiger partial charge in [-0.2, -0.15) is 0 Å². The number of anilines is 1. The summed E-state index contributed by atoms with van der Waals surface area (Å²) in [6.07, 6.45) is 0.904. The van der Waals surface area contributed by atoms with Crippen LogP contribution in [0.2, 0.25) is 0 Å². The van der Waals surface area contributed by atoms with Gasteiger partial charge in [0.25, 0.3) is 11.6 Å². The molecule has 0 bridgehead atoms. The Balaban J connectivity index is 2.11. The summed E-state index contributed by atoms with van der Waals surface area (Å²) in [5.74, 6) is -0.220. The SMILES string of the molecule is CC(C)CCOc1ccc(C(=O)Nc2cc([N+](=O)[O-])ccc2F)cc1Br. The lowest BCUT2D eigenvalue weighted by Crippen LogP contribution is -2.13. The number of nitrogens with zero attached hydrogens (tertiary/aromatic N) is 1. The molecule has 0 aliphatic rings. The molecular formula is C18H18BrFN2O4. The number of benzene rings is 2. The molecule has 0 aliphatic heterocycles. The Labute approximate surface area is 158 Å². The fourth-order valence-corrected chi connectivity index (χ4v) is 2.57. The van der Waals surface area contributed by atoms with Gasteiger partial charge in [0.05, 0.1) is 21.7 Å². The summed E-state index contributed by atoms with van der Waals surface area (Å²) in [6, 6.07) is 7.68. The third kappa shape index (κ3) is 5.26. The van der Waals surface area contributed by atoms with Gasteiger partial charge in [0, 0.05) is 17.7 Å². The second-order valence-corrected chi connectivity index (χ2v) is 6.91. The lowest BCUT2D eigenvalue weighted by molar-refractivity contribution is -0.384. The van der Waals surface area contributed by atoms with Gasteiger partial charge in [0.15, 0.2) is 0 Å². The molecule has 0 unspecified atom stereocenters. The zero-order chi connectivity index (χ0) is 19.3. The summed E-state index contributed by atoms with van der Waals surface area (Å²) in [7, 11) is 0. The molecule has 6 nitrogen and oxygen atoms in total. The van der Waals surface area contributed by atoms with Crippen LogP contribution in [0.3, 0.4) is 0 Å². The summed E-state index contributed by atoms with van der Waals surface area (Å²) in [5, 5.41) is 13.1. The van der Waals surface area contributed by atoms with Gasteiger partial charge >= 0.3 is 0 Å². The molecule has 0 fully saturated rings. The van der Waals surface area contributed by atoms with Crippen LogP contribution in [0.5, 0.6) is 5.75 Å². The first-order valence-electron chi connectivity index (χ1n) is 7.95. The molecule has 2 aromatic rings. The van der Waals surface area contributed by atoms with E-state index in [9.17, 15) is 19.3 Å². The van der Waals surface area contributed by atoms with Crippen molar-refractivity contribution in [3.8, 4) is 5.75 Å². The van der Waals surface area contributed by atoms with E-state index in [-0.39, 0.29) is 16.9 Å². The Morgan fingerprint density at radius 2 is 2.04 bits per heavy atom. The van der Waals surface area contributed by atoms with Crippen molar-refractivity contribution in [3.63, 3.8) is 0 Å². The number of halogens is 2. The number of nitro groups is 1. The predicted molar refractivity (Wildman–Crippen MR) is 100 cm³/mol. The van der Waals surface area contributed by atoms with Gasteiger partial charge in [0.2, 0.25) is 0 Å². The topological polar surface area (TPSA) is 81.5 Å². The van der Waals surface area contributed by atoms with E-state index in [1.54, 1.807) is 18.2 Å². The summed E-state index contributed by atoms with van der Waals surface area (Å²) in [4.78, 5) is 22.4. The number of rotatable bonds is 7.